The molecular weight excluding hydrogens is 202 g/mol. The molecule has 2 rings (SSSR count). The first-order chi connectivity index (χ1) is 7.77. The molecule has 3 heteroatoms. The molecular formula is C13H11NO2. The summed E-state index contributed by atoms with van der Waals surface area (Å²) in [4.78, 5) is 0. The molecule has 3 nitrogen and oxygen atoms in total. The summed E-state index contributed by atoms with van der Waals surface area (Å²) in [5.41, 5.74) is 0.381. The van der Waals surface area contributed by atoms with Gasteiger partial charge in [0.2, 0.25) is 5.90 Å². The van der Waals surface area contributed by atoms with Crippen LogP contribution in [0.4, 0.5) is 0 Å². The lowest BCUT2D eigenvalue weighted by Gasteiger charge is -2.07. The number of ether oxygens (including phenoxy) is 1. The molecule has 0 saturated heterocycles. The highest BCUT2D eigenvalue weighted by atomic mass is 16.5. The standard InChI is InChI=1S/C13H11NO2/c14-13(11-8-4-5-9-12(11)15)16-10-6-2-1-3-7-10/h1-9,14-15H. The number of phenolic OH excluding ortho intramolecular Hbond substituents is 1. The van der Waals surface area contributed by atoms with Crippen molar-refractivity contribution in [2.75, 3.05) is 0 Å². The van der Waals surface area contributed by atoms with Gasteiger partial charge in [-0.25, -0.2) is 0 Å². The summed E-state index contributed by atoms with van der Waals surface area (Å²) in [5, 5.41) is 17.3. The van der Waals surface area contributed by atoms with Crippen LogP contribution in [0.25, 0.3) is 0 Å². The highest BCUT2D eigenvalue weighted by Crippen LogP contribution is 2.18. The molecule has 2 aromatic rings. The van der Waals surface area contributed by atoms with Crippen LogP contribution in [0.5, 0.6) is 11.5 Å². The van der Waals surface area contributed by atoms with Crippen molar-refractivity contribution >= 4 is 5.90 Å². The van der Waals surface area contributed by atoms with Crippen molar-refractivity contribution < 1.29 is 9.84 Å². The van der Waals surface area contributed by atoms with Crippen LogP contribution in [0.15, 0.2) is 54.6 Å². The molecule has 0 spiro atoms. The second-order valence-electron chi connectivity index (χ2n) is 3.26. The van der Waals surface area contributed by atoms with Gasteiger partial charge < -0.3 is 9.84 Å². The van der Waals surface area contributed by atoms with E-state index < -0.39 is 0 Å². The Balaban J connectivity index is 2.19. The van der Waals surface area contributed by atoms with Gasteiger partial charge in [0.15, 0.2) is 0 Å². The number of phenols is 1. The fraction of sp³-hybridized carbons (Fsp3) is 0. The molecule has 0 bridgehead atoms. The number of benzene rings is 2. The number of rotatable bonds is 2. The lowest BCUT2D eigenvalue weighted by atomic mass is 10.2. The van der Waals surface area contributed by atoms with E-state index in [1.165, 1.54) is 6.07 Å². The highest BCUT2D eigenvalue weighted by Gasteiger charge is 2.08. The van der Waals surface area contributed by atoms with Gasteiger partial charge in [0.25, 0.3) is 0 Å². The van der Waals surface area contributed by atoms with E-state index in [2.05, 4.69) is 0 Å². The first-order valence-corrected chi connectivity index (χ1v) is 4.87. The van der Waals surface area contributed by atoms with Gasteiger partial charge in [-0.05, 0) is 24.3 Å². The second-order valence-corrected chi connectivity index (χ2v) is 3.26. The molecule has 2 aromatic carbocycles. The van der Waals surface area contributed by atoms with Crippen LogP contribution in [0.3, 0.4) is 0 Å². The number of aromatic hydroxyl groups is 1. The van der Waals surface area contributed by atoms with Gasteiger partial charge in [0, 0.05) is 0 Å². The average molecular weight is 213 g/mol. The van der Waals surface area contributed by atoms with E-state index in [9.17, 15) is 5.11 Å². The molecule has 0 aliphatic carbocycles. The van der Waals surface area contributed by atoms with Gasteiger partial charge in [-0.2, -0.15) is 0 Å². The van der Waals surface area contributed by atoms with E-state index in [4.69, 9.17) is 10.1 Å². The zero-order valence-electron chi connectivity index (χ0n) is 8.55. The largest absolute Gasteiger partial charge is 0.507 e. The number of para-hydroxylation sites is 2. The Kier molecular flexibility index (Phi) is 2.87. The Morgan fingerprint density at radius 3 is 2.25 bits per heavy atom. The van der Waals surface area contributed by atoms with Crippen molar-refractivity contribution in [2.45, 2.75) is 0 Å². The molecule has 2 N–H and O–H groups in total. The molecule has 0 aromatic heterocycles. The topological polar surface area (TPSA) is 53.3 Å². The Labute approximate surface area is 93.4 Å². The number of nitrogens with one attached hydrogen (secondary N) is 1. The van der Waals surface area contributed by atoms with Crippen LogP contribution in [0.1, 0.15) is 5.56 Å². The molecule has 0 atom stereocenters. The van der Waals surface area contributed by atoms with Gasteiger partial charge in [-0.1, -0.05) is 30.3 Å². The van der Waals surface area contributed by atoms with Gasteiger partial charge in [-0.15, -0.1) is 0 Å². The predicted molar refractivity (Wildman–Crippen MR) is 62.0 cm³/mol. The third-order valence-electron chi connectivity index (χ3n) is 2.11. The van der Waals surface area contributed by atoms with Crippen LogP contribution < -0.4 is 4.74 Å². The van der Waals surface area contributed by atoms with Crippen LogP contribution in [-0.2, 0) is 0 Å². The van der Waals surface area contributed by atoms with Crippen molar-refractivity contribution in [1.82, 2.24) is 0 Å². The second kappa shape index (κ2) is 4.49. The van der Waals surface area contributed by atoms with Crippen LogP contribution in [-0.4, -0.2) is 11.0 Å². The highest BCUT2D eigenvalue weighted by molar-refractivity contribution is 5.95. The monoisotopic (exact) mass is 213 g/mol. The van der Waals surface area contributed by atoms with Crippen molar-refractivity contribution in [1.29, 1.82) is 5.41 Å². The number of hydrogen-bond acceptors (Lipinski definition) is 3. The molecule has 0 radical (unpaired) electrons. The molecule has 80 valence electrons. The number of hydrogen-bond donors (Lipinski definition) is 2. The molecule has 0 aliphatic heterocycles. The summed E-state index contributed by atoms with van der Waals surface area (Å²) in [6.45, 7) is 0. The molecule has 0 unspecified atom stereocenters. The SMILES string of the molecule is N=C(Oc1ccccc1)c1ccccc1O. The van der Waals surface area contributed by atoms with E-state index in [1.807, 2.05) is 18.2 Å². The van der Waals surface area contributed by atoms with Crippen molar-refractivity contribution in [3.8, 4) is 11.5 Å². The summed E-state index contributed by atoms with van der Waals surface area (Å²) >= 11 is 0. The molecule has 0 amide bonds. The lowest BCUT2D eigenvalue weighted by Crippen LogP contribution is -2.08. The maximum atomic E-state index is 9.54. The van der Waals surface area contributed by atoms with E-state index >= 15 is 0 Å². The minimum absolute atomic E-state index is 0.0448. The van der Waals surface area contributed by atoms with Gasteiger partial charge in [-0.3, -0.25) is 5.41 Å². The maximum Gasteiger partial charge on any atom is 0.222 e. The Morgan fingerprint density at radius 2 is 1.56 bits per heavy atom. The minimum Gasteiger partial charge on any atom is -0.507 e. The third kappa shape index (κ3) is 2.20. The fourth-order valence-corrected chi connectivity index (χ4v) is 1.33. The molecule has 0 aliphatic rings. The van der Waals surface area contributed by atoms with Crippen LogP contribution in [0, 0.1) is 5.41 Å². The maximum absolute atomic E-state index is 9.54. The normalized spacial score (nSPS) is 9.75. The van der Waals surface area contributed by atoms with Crippen LogP contribution >= 0.6 is 0 Å². The van der Waals surface area contributed by atoms with Crippen molar-refractivity contribution in [3.05, 3.63) is 60.2 Å². The molecule has 0 fully saturated rings. The van der Waals surface area contributed by atoms with E-state index in [-0.39, 0.29) is 11.6 Å². The van der Waals surface area contributed by atoms with Crippen molar-refractivity contribution in [3.63, 3.8) is 0 Å². The summed E-state index contributed by atoms with van der Waals surface area (Å²) < 4.78 is 5.30. The zero-order chi connectivity index (χ0) is 11.4. The van der Waals surface area contributed by atoms with E-state index in [1.54, 1.807) is 30.3 Å². The minimum atomic E-state index is -0.0655. The fourth-order valence-electron chi connectivity index (χ4n) is 1.33. The van der Waals surface area contributed by atoms with E-state index in [0.717, 1.165) is 0 Å². The predicted octanol–water partition coefficient (Wildman–Crippen LogP) is 2.80. The van der Waals surface area contributed by atoms with Crippen LogP contribution in [0.2, 0.25) is 0 Å². The lowest BCUT2D eigenvalue weighted by molar-refractivity contribution is 0.468. The Bertz CT molecular complexity index is 494. The van der Waals surface area contributed by atoms with E-state index in [0.29, 0.717) is 11.3 Å². The Morgan fingerprint density at radius 1 is 0.938 bits per heavy atom. The Hall–Kier alpha value is -2.29. The molecule has 16 heavy (non-hydrogen) atoms. The zero-order valence-corrected chi connectivity index (χ0v) is 8.55. The first kappa shape index (κ1) is 10.2. The summed E-state index contributed by atoms with van der Waals surface area (Å²) in [6, 6.07) is 15.7. The van der Waals surface area contributed by atoms with Crippen molar-refractivity contribution in [2.24, 2.45) is 0 Å². The average Bonchev–Trinajstić information content (AvgIpc) is 2.31. The summed E-state index contributed by atoms with van der Waals surface area (Å²) in [6.07, 6.45) is 0. The third-order valence-corrected chi connectivity index (χ3v) is 2.11. The molecule has 0 saturated carbocycles. The van der Waals surface area contributed by atoms with Gasteiger partial charge >= 0.3 is 0 Å². The summed E-state index contributed by atoms with van der Waals surface area (Å²) in [7, 11) is 0. The summed E-state index contributed by atoms with van der Waals surface area (Å²) in [5.74, 6) is 0.559. The quantitative estimate of drug-likeness (QED) is 0.595. The molecule has 0 heterocycles. The smallest absolute Gasteiger partial charge is 0.222 e. The van der Waals surface area contributed by atoms with Gasteiger partial charge in [0.1, 0.15) is 11.5 Å². The first-order valence-electron chi connectivity index (χ1n) is 4.87. The van der Waals surface area contributed by atoms with Gasteiger partial charge in [0.05, 0.1) is 5.56 Å².